The molecule has 1 heterocycles. The van der Waals surface area contributed by atoms with Crippen molar-refractivity contribution in [1.82, 2.24) is 4.90 Å². The molecule has 110 valence electrons. The van der Waals surface area contributed by atoms with E-state index in [0.29, 0.717) is 19.4 Å². The maximum atomic E-state index is 12.2. The Labute approximate surface area is 114 Å². The second-order valence-electron chi connectivity index (χ2n) is 6.14. The molecule has 1 rings (SSSR count). The maximum Gasteiger partial charge on any atom is 0.329 e. The molecule has 0 aromatic heterocycles. The van der Waals surface area contributed by atoms with Gasteiger partial charge in [-0.2, -0.15) is 0 Å². The Balaban J connectivity index is 2.79. The van der Waals surface area contributed by atoms with Crippen molar-refractivity contribution >= 4 is 11.9 Å². The summed E-state index contributed by atoms with van der Waals surface area (Å²) in [6.07, 6.45) is 2.53. The summed E-state index contributed by atoms with van der Waals surface area (Å²) in [4.78, 5) is 25.3. The molecule has 1 saturated heterocycles. The van der Waals surface area contributed by atoms with Crippen molar-refractivity contribution < 1.29 is 19.4 Å². The second-order valence-corrected chi connectivity index (χ2v) is 6.14. The molecule has 0 radical (unpaired) electrons. The van der Waals surface area contributed by atoms with Gasteiger partial charge in [0.15, 0.2) is 0 Å². The molecule has 0 spiro atoms. The van der Waals surface area contributed by atoms with Crippen LogP contribution in [0.2, 0.25) is 0 Å². The van der Waals surface area contributed by atoms with Crippen LogP contribution >= 0.6 is 0 Å². The number of hydrogen-bond acceptors (Lipinski definition) is 3. The fourth-order valence-electron chi connectivity index (χ4n) is 2.60. The summed E-state index contributed by atoms with van der Waals surface area (Å²) in [6, 6.07) is 0. The molecule has 1 aliphatic heterocycles. The number of ether oxygens (including phenoxy) is 1. The summed E-state index contributed by atoms with van der Waals surface area (Å²) in [6.45, 7) is 8.03. The lowest BCUT2D eigenvalue weighted by atomic mass is 9.90. The van der Waals surface area contributed by atoms with Gasteiger partial charge in [0.25, 0.3) is 0 Å². The molecule has 0 aromatic carbocycles. The second kappa shape index (κ2) is 5.90. The molecule has 0 saturated carbocycles. The molecule has 0 aliphatic carbocycles. The van der Waals surface area contributed by atoms with Gasteiger partial charge >= 0.3 is 5.97 Å². The first-order valence-electron chi connectivity index (χ1n) is 6.91. The summed E-state index contributed by atoms with van der Waals surface area (Å²) in [5, 5.41) is 9.51. The molecule has 1 atom stereocenters. The first-order valence-corrected chi connectivity index (χ1v) is 6.91. The minimum absolute atomic E-state index is 0.0533. The minimum Gasteiger partial charge on any atom is -0.479 e. The topological polar surface area (TPSA) is 66.8 Å². The highest BCUT2D eigenvalue weighted by molar-refractivity contribution is 5.88. The van der Waals surface area contributed by atoms with Gasteiger partial charge in [0.1, 0.15) is 12.1 Å². The largest absolute Gasteiger partial charge is 0.479 e. The summed E-state index contributed by atoms with van der Waals surface area (Å²) in [7, 11) is 0. The SMILES string of the molecule is CCCC1(C(=O)O)CCCN1C(=O)COC(C)(C)C. The standard InChI is InChI=1S/C14H25NO4/c1-5-7-14(12(17)18)8-6-9-15(14)11(16)10-19-13(2,3)4/h5-10H2,1-4H3,(H,17,18). The van der Waals surface area contributed by atoms with E-state index < -0.39 is 17.1 Å². The van der Waals surface area contributed by atoms with Gasteiger partial charge in [-0.1, -0.05) is 13.3 Å². The molecule has 1 amide bonds. The van der Waals surface area contributed by atoms with Crippen molar-refractivity contribution in [1.29, 1.82) is 0 Å². The Morgan fingerprint density at radius 2 is 2.00 bits per heavy atom. The van der Waals surface area contributed by atoms with Gasteiger partial charge in [0.2, 0.25) is 5.91 Å². The fourth-order valence-corrected chi connectivity index (χ4v) is 2.60. The fraction of sp³-hybridized carbons (Fsp3) is 0.857. The zero-order valence-electron chi connectivity index (χ0n) is 12.4. The molecular formula is C14H25NO4. The van der Waals surface area contributed by atoms with Crippen molar-refractivity contribution in [3.63, 3.8) is 0 Å². The third-order valence-corrected chi connectivity index (χ3v) is 3.48. The van der Waals surface area contributed by atoms with Crippen LogP contribution in [0.5, 0.6) is 0 Å². The zero-order chi connectivity index (χ0) is 14.7. The molecule has 1 N–H and O–H groups in total. The van der Waals surface area contributed by atoms with Crippen LogP contribution in [-0.4, -0.2) is 46.2 Å². The molecule has 1 unspecified atom stereocenters. The number of hydrogen-bond donors (Lipinski definition) is 1. The van der Waals surface area contributed by atoms with Crippen LogP contribution in [-0.2, 0) is 14.3 Å². The van der Waals surface area contributed by atoms with Gasteiger partial charge < -0.3 is 14.7 Å². The van der Waals surface area contributed by atoms with Crippen molar-refractivity contribution in [3.05, 3.63) is 0 Å². The molecule has 0 bridgehead atoms. The lowest BCUT2D eigenvalue weighted by Crippen LogP contribution is -2.54. The van der Waals surface area contributed by atoms with E-state index in [1.54, 1.807) is 0 Å². The Bertz CT molecular complexity index is 348. The first kappa shape index (κ1) is 16.0. The lowest BCUT2D eigenvalue weighted by molar-refractivity contribution is -0.160. The monoisotopic (exact) mass is 271 g/mol. The number of amides is 1. The Hall–Kier alpha value is -1.10. The van der Waals surface area contributed by atoms with E-state index in [1.165, 1.54) is 4.90 Å². The molecule has 5 heteroatoms. The molecule has 1 fully saturated rings. The third-order valence-electron chi connectivity index (χ3n) is 3.48. The number of likely N-dealkylation sites (tertiary alicyclic amines) is 1. The predicted molar refractivity (Wildman–Crippen MR) is 71.9 cm³/mol. The number of nitrogens with zero attached hydrogens (tertiary/aromatic N) is 1. The number of aliphatic carboxylic acids is 1. The molecule has 19 heavy (non-hydrogen) atoms. The van der Waals surface area contributed by atoms with E-state index >= 15 is 0 Å². The number of carboxylic acid groups (broad SMARTS) is 1. The zero-order valence-corrected chi connectivity index (χ0v) is 12.4. The number of carbonyl (C=O) groups is 2. The van der Waals surface area contributed by atoms with Crippen LogP contribution in [0, 0.1) is 0 Å². The van der Waals surface area contributed by atoms with Crippen molar-refractivity contribution in [2.24, 2.45) is 0 Å². The number of rotatable bonds is 5. The van der Waals surface area contributed by atoms with Crippen molar-refractivity contribution in [2.75, 3.05) is 13.2 Å². The average molecular weight is 271 g/mol. The van der Waals surface area contributed by atoms with Crippen LogP contribution in [0.15, 0.2) is 0 Å². The van der Waals surface area contributed by atoms with Gasteiger partial charge in [0, 0.05) is 6.54 Å². The highest BCUT2D eigenvalue weighted by atomic mass is 16.5. The van der Waals surface area contributed by atoms with Crippen molar-refractivity contribution in [2.45, 2.75) is 64.5 Å². The smallest absolute Gasteiger partial charge is 0.329 e. The number of carbonyl (C=O) groups excluding carboxylic acids is 1. The quantitative estimate of drug-likeness (QED) is 0.831. The van der Waals surface area contributed by atoms with E-state index in [4.69, 9.17) is 4.74 Å². The van der Waals surface area contributed by atoms with Crippen LogP contribution in [0.1, 0.15) is 53.4 Å². The molecule has 0 aromatic rings. The van der Waals surface area contributed by atoms with Gasteiger partial charge in [0.05, 0.1) is 5.60 Å². The summed E-state index contributed by atoms with van der Waals surface area (Å²) in [5.41, 5.74) is -1.42. The van der Waals surface area contributed by atoms with Crippen LogP contribution < -0.4 is 0 Å². The summed E-state index contributed by atoms with van der Waals surface area (Å²) < 4.78 is 5.47. The summed E-state index contributed by atoms with van der Waals surface area (Å²) in [5.74, 6) is -1.11. The molecule has 5 nitrogen and oxygen atoms in total. The van der Waals surface area contributed by atoms with E-state index in [0.717, 1.165) is 12.8 Å². The van der Waals surface area contributed by atoms with E-state index in [-0.39, 0.29) is 12.5 Å². The normalized spacial score (nSPS) is 23.7. The van der Waals surface area contributed by atoms with Gasteiger partial charge in [-0.3, -0.25) is 4.79 Å². The highest BCUT2D eigenvalue weighted by Crippen LogP contribution is 2.34. The van der Waals surface area contributed by atoms with Gasteiger partial charge in [-0.15, -0.1) is 0 Å². The van der Waals surface area contributed by atoms with Crippen LogP contribution in [0.25, 0.3) is 0 Å². The first-order chi connectivity index (χ1) is 8.73. The lowest BCUT2D eigenvalue weighted by Gasteiger charge is -2.35. The van der Waals surface area contributed by atoms with Crippen molar-refractivity contribution in [3.8, 4) is 0 Å². The Kier molecular flexibility index (Phi) is 4.96. The summed E-state index contributed by atoms with van der Waals surface area (Å²) >= 11 is 0. The Morgan fingerprint density at radius 1 is 1.37 bits per heavy atom. The Morgan fingerprint density at radius 3 is 2.47 bits per heavy atom. The average Bonchev–Trinajstić information content (AvgIpc) is 2.70. The molecular weight excluding hydrogens is 246 g/mol. The van der Waals surface area contributed by atoms with Gasteiger partial charge in [-0.25, -0.2) is 4.79 Å². The predicted octanol–water partition coefficient (Wildman–Crippen LogP) is 2.05. The van der Waals surface area contributed by atoms with Gasteiger partial charge in [-0.05, 0) is 40.0 Å². The van der Waals surface area contributed by atoms with E-state index in [1.807, 2.05) is 27.7 Å². The molecule has 1 aliphatic rings. The van der Waals surface area contributed by atoms with Crippen LogP contribution in [0.4, 0.5) is 0 Å². The minimum atomic E-state index is -1.02. The van der Waals surface area contributed by atoms with E-state index in [2.05, 4.69) is 0 Å². The van der Waals surface area contributed by atoms with E-state index in [9.17, 15) is 14.7 Å². The maximum absolute atomic E-state index is 12.2. The third kappa shape index (κ3) is 3.69. The highest BCUT2D eigenvalue weighted by Gasteiger charge is 2.49. The van der Waals surface area contributed by atoms with Crippen LogP contribution in [0.3, 0.4) is 0 Å². The number of carboxylic acids is 1.